The highest BCUT2D eigenvalue weighted by atomic mass is 35.5. The number of ether oxygens (including phenoxy) is 1. The molecular weight excluding hydrogens is 232 g/mol. The summed E-state index contributed by atoms with van der Waals surface area (Å²) >= 11 is 5.86. The van der Waals surface area contributed by atoms with Gasteiger partial charge in [-0.05, 0) is 18.2 Å². The van der Waals surface area contributed by atoms with Crippen LogP contribution < -0.4 is 15.8 Å². The van der Waals surface area contributed by atoms with Gasteiger partial charge >= 0.3 is 12.0 Å². The van der Waals surface area contributed by atoms with E-state index in [0.29, 0.717) is 16.5 Å². The van der Waals surface area contributed by atoms with Crippen LogP contribution in [-0.2, 0) is 0 Å². The number of nitrogen functional groups attached to an aromatic ring is 1. The van der Waals surface area contributed by atoms with Crippen LogP contribution in [0.4, 0.5) is 17.7 Å². The van der Waals surface area contributed by atoms with Crippen LogP contribution >= 0.6 is 11.6 Å². The van der Waals surface area contributed by atoms with Crippen LogP contribution in [0.3, 0.4) is 0 Å². The fraction of sp³-hybridized carbons (Fsp3) is 0.111. The predicted molar refractivity (Wildman–Crippen MR) is 60.0 cm³/mol. The highest BCUT2D eigenvalue weighted by Crippen LogP contribution is 2.30. The lowest BCUT2D eigenvalue weighted by atomic mass is 10.3. The Kier molecular flexibility index (Phi) is 2.82. The maximum atomic E-state index is 5.86. The first-order chi connectivity index (χ1) is 7.69. The van der Waals surface area contributed by atoms with Crippen LogP contribution in [-0.4, -0.2) is 17.3 Å². The van der Waals surface area contributed by atoms with Crippen LogP contribution in [0.5, 0.6) is 5.75 Å². The molecule has 0 bridgehead atoms. The number of nitrogens with two attached hydrogens (primary N) is 1. The normalized spacial score (nSPS) is 10.1. The maximum Gasteiger partial charge on any atom is 0.321 e. The summed E-state index contributed by atoms with van der Waals surface area (Å²) < 4.78 is 10.1. The first kappa shape index (κ1) is 10.6. The average molecular weight is 241 g/mol. The molecule has 6 nitrogen and oxygen atoms in total. The average Bonchev–Trinajstić information content (AvgIpc) is 2.64. The molecule has 0 saturated heterocycles. The molecule has 0 aliphatic heterocycles. The van der Waals surface area contributed by atoms with Gasteiger partial charge in [0.2, 0.25) is 0 Å². The fourth-order valence-corrected chi connectivity index (χ4v) is 1.35. The van der Waals surface area contributed by atoms with Crippen molar-refractivity contribution >= 4 is 29.3 Å². The van der Waals surface area contributed by atoms with Gasteiger partial charge in [-0.15, -0.1) is 0 Å². The third-order valence-electron chi connectivity index (χ3n) is 1.84. The van der Waals surface area contributed by atoms with E-state index >= 15 is 0 Å². The SMILES string of the molecule is COc1ccc(Cl)cc1Nc1nnc(N)o1. The number of anilines is 3. The van der Waals surface area contributed by atoms with Gasteiger partial charge in [-0.2, -0.15) is 0 Å². The van der Waals surface area contributed by atoms with Crippen molar-refractivity contribution in [3.8, 4) is 5.75 Å². The number of rotatable bonds is 3. The second-order valence-electron chi connectivity index (χ2n) is 2.92. The summed E-state index contributed by atoms with van der Waals surface area (Å²) in [6.07, 6.45) is 0. The topological polar surface area (TPSA) is 86.2 Å². The minimum atomic E-state index is -0.0107. The molecule has 1 aromatic heterocycles. The molecule has 0 aliphatic carbocycles. The van der Waals surface area contributed by atoms with Crippen molar-refractivity contribution in [2.24, 2.45) is 0 Å². The Balaban J connectivity index is 2.29. The minimum Gasteiger partial charge on any atom is -0.495 e. The first-order valence-electron chi connectivity index (χ1n) is 4.38. The van der Waals surface area contributed by atoms with Crippen LogP contribution in [0.1, 0.15) is 0 Å². The smallest absolute Gasteiger partial charge is 0.321 e. The molecule has 3 N–H and O–H groups in total. The lowest BCUT2D eigenvalue weighted by Gasteiger charge is -2.07. The summed E-state index contributed by atoms with van der Waals surface area (Å²) in [6, 6.07) is 5.29. The van der Waals surface area contributed by atoms with Gasteiger partial charge in [-0.25, -0.2) is 0 Å². The van der Waals surface area contributed by atoms with E-state index in [4.69, 9.17) is 26.5 Å². The third kappa shape index (κ3) is 2.17. The van der Waals surface area contributed by atoms with E-state index in [1.165, 1.54) is 0 Å². The van der Waals surface area contributed by atoms with Gasteiger partial charge in [0, 0.05) is 5.02 Å². The van der Waals surface area contributed by atoms with E-state index in [-0.39, 0.29) is 12.0 Å². The van der Waals surface area contributed by atoms with Gasteiger partial charge in [0.1, 0.15) is 5.75 Å². The second-order valence-corrected chi connectivity index (χ2v) is 3.35. The zero-order valence-electron chi connectivity index (χ0n) is 8.40. The van der Waals surface area contributed by atoms with Gasteiger partial charge in [0.25, 0.3) is 0 Å². The summed E-state index contributed by atoms with van der Waals surface area (Å²) in [4.78, 5) is 0. The van der Waals surface area contributed by atoms with Crippen LogP contribution in [0.2, 0.25) is 5.02 Å². The van der Waals surface area contributed by atoms with E-state index in [2.05, 4.69) is 15.5 Å². The Morgan fingerprint density at radius 2 is 2.25 bits per heavy atom. The van der Waals surface area contributed by atoms with E-state index in [1.54, 1.807) is 25.3 Å². The molecule has 0 unspecified atom stereocenters. The Hall–Kier alpha value is -1.95. The van der Waals surface area contributed by atoms with Crippen molar-refractivity contribution in [2.45, 2.75) is 0 Å². The number of nitrogens with zero attached hydrogens (tertiary/aromatic N) is 2. The molecule has 0 spiro atoms. The number of halogens is 1. The van der Waals surface area contributed by atoms with E-state index in [1.807, 2.05) is 0 Å². The summed E-state index contributed by atoms with van der Waals surface area (Å²) in [5.41, 5.74) is 5.92. The molecule has 0 radical (unpaired) electrons. The monoisotopic (exact) mass is 240 g/mol. The van der Waals surface area contributed by atoms with Crippen molar-refractivity contribution in [3.63, 3.8) is 0 Å². The van der Waals surface area contributed by atoms with Gasteiger partial charge in [-0.1, -0.05) is 21.8 Å². The molecular formula is C9H9ClN4O2. The van der Waals surface area contributed by atoms with E-state index in [0.717, 1.165) is 0 Å². The zero-order valence-corrected chi connectivity index (χ0v) is 9.15. The summed E-state index contributed by atoms with van der Waals surface area (Å²) in [6.45, 7) is 0. The van der Waals surface area contributed by atoms with E-state index in [9.17, 15) is 0 Å². The molecule has 0 atom stereocenters. The minimum absolute atomic E-state index is 0.0107. The molecule has 2 rings (SSSR count). The Morgan fingerprint density at radius 1 is 1.44 bits per heavy atom. The second kappa shape index (κ2) is 4.28. The molecule has 16 heavy (non-hydrogen) atoms. The number of nitrogens with one attached hydrogen (secondary N) is 1. The molecule has 2 aromatic rings. The van der Waals surface area contributed by atoms with Crippen molar-refractivity contribution in [1.29, 1.82) is 0 Å². The first-order valence-corrected chi connectivity index (χ1v) is 4.76. The molecule has 0 saturated carbocycles. The number of aromatic nitrogens is 2. The molecule has 1 heterocycles. The van der Waals surface area contributed by atoms with Gasteiger partial charge < -0.3 is 20.2 Å². The predicted octanol–water partition coefficient (Wildman–Crippen LogP) is 2.06. The molecule has 7 heteroatoms. The van der Waals surface area contributed by atoms with Crippen LogP contribution in [0.15, 0.2) is 22.6 Å². The zero-order chi connectivity index (χ0) is 11.5. The lowest BCUT2D eigenvalue weighted by Crippen LogP contribution is -1.94. The summed E-state index contributed by atoms with van der Waals surface area (Å²) in [7, 11) is 1.55. The van der Waals surface area contributed by atoms with Crippen molar-refractivity contribution in [1.82, 2.24) is 10.2 Å². The Bertz CT molecular complexity index is 500. The quantitative estimate of drug-likeness (QED) is 0.854. The van der Waals surface area contributed by atoms with E-state index < -0.39 is 0 Å². The fourth-order valence-electron chi connectivity index (χ4n) is 1.18. The number of methoxy groups -OCH3 is 1. The molecule has 0 amide bonds. The number of hydrogen-bond acceptors (Lipinski definition) is 6. The highest BCUT2D eigenvalue weighted by Gasteiger charge is 2.08. The van der Waals surface area contributed by atoms with Gasteiger partial charge in [0.15, 0.2) is 0 Å². The molecule has 84 valence electrons. The van der Waals surface area contributed by atoms with Gasteiger partial charge in [-0.3, -0.25) is 0 Å². The number of benzene rings is 1. The molecule has 1 aromatic carbocycles. The number of hydrogen-bond donors (Lipinski definition) is 2. The van der Waals surface area contributed by atoms with Crippen molar-refractivity contribution < 1.29 is 9.15 Å². The van der Waals surface area contributed by atoms with Crippen LogP contribution in [0, 0.1) is 0 Å². The van der Waals surface area contributed by atoms with Crippen molar-refractivity contribution in [2.75, 3.05) is 18.2 Å². The lowest BCUT2D eigenvalue weighted by molar-refractivity contribution is 0.416. The highest BCUT2D eigenvalue weighted by molar-refractivity contribution is 6.30. The van der Waals surface area contributed by atoms with Crippen LogP contribution in [0.25, 0.3) is 0 Å². The Labute approximate surface area is 96.4 Å². The standard InChI is InChI=1S/C9H9ClN4O2/c1-15-7-3-2-5(10)4-6(7)12-9-14-13-8(11)16-9/h2-4H,1H3,(H2,11,13)(H,12,14). The molecule has 0 aliphatic rings. The Morgan fingerprint density at radius 3 is 2.88 bits per heavy atom. The van der Waals surface area contributed by atoms with Gasteiger partial charge in [0.05, 0.1) is 12.8 Å². The largest absolute Gasteiger partial charge is 0.495 e. The maximum absolute atomic E-state index is 5.86. The summed E-state index contributed by atoms with van der Waals surface area (Å²) in [5.74, 6) is 0.612. The molecule has 0 fully saturated rings. The van der Waals surface area contributed by atoms with Crippen molar-refractivity contribution in [3.05, 3.63) is 23.2 Å². The third-order valence-corrected chi connectivity index (χ3v) is 2.08. The summed E-state index contributed by atoms with van der Waals surface area (Å²) in [5, 5.41) is 10.6.